The zero-order valence-corrected chi connectivity index (χ0v) is 17.1. The molecule has 0 aliphatic carbocycles. The van der Waals surface area contributed by atoms with Crippen molar-refractivity contribution in [2.75, 3.05) is 13.7 Å². The zero-order valence-electron chi connectivity index (χ0n) is 17.1. The van der Waals surface area contributed by atoms with Crippen LogP contribution in [0.25, 0.3) is 0 Å². The molecule has 0 saturated carbocycles. The van der Waals surface area contributed by atoms with Crippen LogP contribution in [-0.4, -0.2) is 36.5 Å². The Kier molecular flexibility index (Phi) is 5.32. The van der Waals surface area contributed by atoms with Crippen LogP contribution in [-0.2, 0) is 9.53 Å². The second kappa shape index (κ2) is 7.80. The van der Waals surface area contributed by atoms with Crippen LogP contribution in [0.5, 0.6) is 17.2 Å². The van der Waals surface area contributed by atoms with Gasteiger partial charge in [0.15, 0.2) is 0 Å². The highest BCUT2D eigenvalue weighted by Gasteiger charge is 2.52. The highest BCUT2D eigenvalue weighted by atomic mass is 19.1. The van der Waals surface area contributed by atoms with Crippen molar-refractivity contribution >= 4 is 5.97 Å². The first-order valence-corrected chi connectivity index (χ1v) is 9.92. The molecule has 2 aromatic carbocycles. The van der Waals surface area contributed by atoms with Crippen LogP contribution in [0.3, 0.4) is 0 Å². The molecule has 1 saturated heterocycles. The van der Waals surface area contributed by atoms with Crippen molar-refractivity contribution in [2.24, 2.45) is 11.8 Å². The Labute approximate surface area is 174 Å². The van der Waals surface area contributed by atoms with Crippen molar-refractivity contribution in [3.8, 4) is 17.2 Å². The summed E-state index contributed by atoms with van der Waals surface area (Å²) < 4.78 is 36.8. The number of hydrogen-bond donors (Lipinski definition) is 1. The van der Waals surface area contributed by atoms with Gasteiger partial charge in [-0.2, -0.15) is 0 Å². The van der Waals surface area contributed by atoms with E-state index in [1.54, 1.807) is 7.11 Å². The van der Waals surface area contributed by atoms with Crippen molar-refractivity contribution in [1.82, 2.24) is 0 Å². The van der Waals surface area contributed by atoms with Crippen molar-refractivity contribution < 1.29 is 33.2 Å². The summed E-state index contributed by atoms with van der Waals surface area (Å²) in [7, 11) is 1.59. The van der Waals surface area contributed by atoms with E-state index in [0.717, 1.165) is 5.56 Å². The molecule has 2 heterocycles. The smallest absolute Gasteiger partial charge is 0.309 e. The number of benzene rings is 2. The Morgan fingerprint density at radius 2 is 1.90 bits per heavy atom. The maximum Gasteiger partial charge on any atom is 0.309 e. The molecule has 0 unspecified atom stereocenters. The SMILES string of the molecule is COc1ccc2c(c1)[C@H]1O[C@@H](COc3ccc(F)cc3)[C@@H](C(=O)O)C[C@@H]1C(C)(C)O2. The number of aliphatic carboxylic acids is 1. The van der Waals surface area contributed by atoms with Gasteiger partial charge in [-0.15, -0.1) is 0 Å². The van der Waals surface area contributed by atoms with E-state index in [-0.39, 0.29) is 24.4 Å². The summed E-state index contributed by atoms with van der Waals surface area (Å²) in [6, 6.07) is 11.2. The Morgan fingerprint density at radius 1 is 1.20 bits per heavy atom. The van der Waals surface area contributed by atoms with Gasteiger partial charge in [0.2, 0.25) is 0 Å². The molecule has 0 radical (unpaired) electrons. The lowest BCUT2D eigenvalue weighted by Crippen LogP contribution is -2.53. The Morgan fingerprint density at radius 3 is 2.57 bits per heavy atom. The van der Waals surface area contributed by atoms with E-state index in [0.29, 0.717) is 23.7 Å². The van der Waals surface area contributed by atoms with Crippen molar-refractivity contribution in [1.29, 1.82) is 0 Å². The minimum atomic E-state index is -0.937. The van der Waals surface area contributed by atoms with Gasteiger partial charge in [0.1, 0.15) is 41.4 Å². The largest absolute Gasteiger partial charge is 0.497 e. The maximum absolute atomic E-state index is 13.1. The van der Waals surface area contributed by atoms with Crippen LogP contribution < -0.4 is 14.2 Å². The fraction of sp³-hybridized carbons (Fsp3) is 0.435. The summed E-state index contributed by atoms with van der Waals surface area (Å²) in [6.45, 7) is 3.96. The molecule has 1 fully saturated rings. The van der Waals surface area contributed by atoms with Crippen molar-refractivity contribution in [3.63, 3.8) is 0 Å². The lowest BCUT2D eigenvalue weighted by Gasteiger charge is -2.50. The molecule has 0 bridgehead atoms. The van der Waals surface area contributed by atoms with Crippen LogP contribution >= 0.6 is 0 Å². The molecule has 0 spiro atoms. The summed E-state index contributed by atoms with van der Waals surface area (Å²) in [6.07, 6.45) is -0.626. The Hall–Kier alpha value is -2.80. The van der Waals surface area contributed by atoms with Gasteiger partial charge in [-0.05, 0) is 62.7 Å². The van der Waals surface area contributed by atoms with Gasteiger partial charge in [-0.3, -0.25) is 4.79 Å². The number of methoxy groups -OCH3 is 1. The molecular weight excluding hydrogens is 391 g/mol. The number of carboxylic acid groups (broad SMARTS) is 1. The molecule has 4 atom stereocenters. The number of hydrogen-bond acceptors (Lipinski definition) is 5. The number of ether oxygens (including phenoxy) is 4. The van der Waals surface area contributed by atoms with Crippen LogP contribution in [0.1, 0.15) is 31.9 Å². The predicted molar refractivity (Wildman–Crippen MR) is 106 cm³/mol. The van der Waals surface area contributed by atoms with E-state index >= 15 is 0 Å². The topological polar surface area (TPSA) is 74.2 Å². The molecule has 6 nitrogen and oxygen atoms in total. The van der Waals surface area contributed by atoms with E-state index < -0.39 is 23.6 Å². The summed E-state index contributed by atoms with van der Waals surface area (Å²) >= 11 is 0. The quantitative estimate of drug-likeness (QED) is 0.786. The highest BCUT2D eigenvalue weighted by Crippen LogP contribution is 2.52. The average molecular weight is 416 g/mol. The molecular formula is C23H25FO6. The number of halogens is 1. The van der Waals surface area contributed by atoms with Gasteiger partial charge in [-0.25, -0.2) is 4.39 Å². The highest BCUT2D eigenvalue weighted by molar-refractivity contribution is 5.71. The van der Waals surface area contributed by atoms with Gasteiger partial charge in [0, 0.05) is 11.5 Å². The predicted octanol–water partition coefficient (Wildman–Crippen LogP) is 4.23. The summed E-state index contributed by atoms with van der Waals surface area (Å²) in [4.78, 5) is 12.0. The van der Waals surface area contributed by atoms with Gasteiger partial charge < -0.3 is 24.1 Å². The normalized spacial score (nSPS) is 26.7. The zero-order chi connectivity index (χ0) is 21.5. The monoisotopic (exact) mass is 416 g/mol. The molecule has 2 aliphatic rings. The number of rotatable bonds is 5. The van der Waals surface area contributed by atoms with E-state index in [1.807, 2.05) is 32.0 Å². The van der Waals surface area contributed by atoms with E-state index in [2.05, 4.69) is 0 Å². The van der Waals surface area contributed by atoms with Gasteiger partial charge in [-0.1, -0.05) is 0 Å². The first kappa shape index (κ1) is 20.5. The third-order valence-corrected chi connectivity index (χ3v) is 5.98. The van der Waals surface area contributed by atoms with Gasteiger partial charge in [0.05, 0.1) is 19.1 Å². The lowest BCUT2D eigenvalue weighted by atomic mass is 9.72. The number of carbonyl (C=O) groups is 1. The van der Waals surface area contributed by atoms with Crippen LogP contribution in [0, 0.1) is 17.7 Å². The molecule has 1 N–H and O–H groups in total. The molecule has 160 valence electrons. The minimum absolute atomic E-state index is 0.0480. The number of carboxylic acids is 1. The first-order valence-electron chi connectivity index (χ1n) is 9.92. The molecule has 2 aromatic rings. The average Bonchev–Trinajstić information content (AvgIpc) is 2.72. The molecule has 0 aromatic heterocycles. The fourth-order valence-electron chi connectivity index (χ4n) is 4.32. The Balaban J connectivity index is 1.62. The second-order valence-electron chi connectivity index (χ2n) is 8.26. The minimum Gasteiger partial charge on any atom is -0.497 e. The molecule has 0 amide bonds. The molecule has 4 rings (SSSR count). The lowest BCUT2D eigenvalue weighted by molar-refractivity contribution is -0.192. The van der Waals surface area contributed by atoms with Crippen LogP contribution in [0.15, 0.2) is 42.5 Å². The summed E-state index contributed by atoms with van der Waals surface area (Å²) in [5.41, 5.74) is 0.247. The third-order valence-electron chi connectivity index (χ3n) is 5.98. The van der Waals surface area contributed by atoms with E-state index in [4.69, 9.17) is 18.9 Å². The van der Waals surface area contributed by atoms with E-state index in [1.165, 1.54) is 24.3 Å². The van der Waals surface area contributed by atoms with Crippen LogP contribution in [0.4, 0.5) is 4.39 Å². The van der Waals surface area contributed by atoms with Crippen molar-refractivity contribution in [2.45, 2.75) is 38.1 Å². The second-order valence-corrected chi connectivity index (χ2v) is 8.26. The standard InChI is InChI=1S/C23H25FO6/c1-23(2)18-11-17(22(25)26)20(12-28-14-6-4-13(24)5-7-14)29-21(18)16-10-15(27-3)8-9-19(16)30-23/h4-10,17-18,20-21H,11-12H2,1-3H3,(H,25,26)/t17-,18-,20-,21+/m0/s1. The maximum atomic E-state index is 13.1. The number of fused-ring (bicyclic) bond motifs is 3. The molecule has 2 aliphatic heterocycles. The molecule has 30 heavy (non-hydrogen) atoms. The Bertz CT molecular complexity index is 926. The summed E-state index contributed by atoms with van der Waals surface area (Å²) in [5.74, 6) is -0.360. The summed E-state index contributed by atoms with van der Waals surface area (Å²) in [5, 5.41) is 9.83. The van der Waals surface area contributed by atoms with Crippen LogP contribution in [0.2, 0.25) is 0 Å². The first-order chi connectivity index (χ1) is 14.3. The fourth-order valence-corrected chi connectivity index (χ4v) is 4.32. The van der Waals surface area contributed by atoms with E-state index in [9.17, 15) is 14.3 Å². The third kappa shape index (κ3) is 3.81. The molecule has 7 heteroatoms. The van der Waals surface area contributed by atoms with Gasteiger partial charge in [0.25, 0.3) is 0 Å². The van der Waals surface area contributed by atoms with Gasteiger partial charge >= 0.3 is 5.97 Å². The van der Waals surface area contributed by atoms with Crippen molar-refractivity contribution in [3.05, 3.63) is 53.8 Å².